The van der Waals surface area contributed by atoms with Gasteiger partial charge in [-0.2, -0.15) is 0 Å². The van der Waals surface area contributed by atoms with Crippen LogP contribution in [-0.2, 0) is 6.42 Å². The lowest BCUT2D eigenvalue weighted by atomic mass is 10.3. The molecule has 0 aliphatic rings. The van der Waals surface area contributed by atoms with Crippen molar-refractivity contribution in [1.82, 2.24) is 20.5 Å². The maximum Gasteiger partial charge on any atom is 0.190 e. The van der Waals surface area contributed by atoms with Crippen LogP contribution in [0.4, 0.5) is 0 Å². The molecule has 7 heteroatoms. The van der Waals surface area contributed by atoms with E-state index in [0.29, 0.717) is 0 Å². The van der Waals surface area contributed by atoms with Gasteiger partial charge in [-0.25, -0.2) is 4.98 Å². The van der Waals surface area contributed by atoms with Gasteiger partial charge >= 0.3 is 0 Å². The molecule has 0 aliphatic heterocycles. The smallest absolute Gasteiger partial charge is 0.190 e. The molecule has 0 bridgehead atoms. The van der Waals surface area contributed by atoms with Crippen LogP contribution in [0, 0.1) is 13.8 Å². The number of rotatable bonds is 9. The van der Waals surface area contributed by atoms with Crippen LogP contribution in [0.5, 0.6) is 0 Å². The molecule has 0 atom stereocenters. The Hall–Kier alpha value is -0.410. The first kappa shape index (κ1) is 22.6. The average Bonchev–Trinajstić information content (AvgIpc) is 2.84. The maximum atomic E-state index is 4.56. The van der Waals surface area contributed by atoms with Crippen molar-refractivity contribution in [2.45, 2.75) is 40.5 Å². The second kappa shape index (κ2) is 12.9. The number of nitrogens with one attached hydrogen (secondary N) is 2. The molecule has 134 valence electrons. The number of nitrogens with zero attached hydrogens (tertiary/aromatic N) is 3. The van der Waals surface area contributed by atoms with Gasteiger partial charge in [0.25, 0.3) is 0 Å². The van der Waals surface area contributed by atoms with Crippen molar-refractivity contribution >= 4 is 41.3 Å². The van der Waals surface area contributed by atoms with Crippen molar-refractivity contribution in [3.05, 3.63) is 15.6 Å². The van der Waals surface area contributed by atoms with Gasteiger partial charge in [-0.1, -0.05) is 13.8 Å². The van der Waals surface area contributed by atoms with Gasteiger partial charge in [0.05, 0.1) is 10.7 Å². The summed E-state index contributed by atoms with van der Waals surface area (Å²) in [5.41, 5.74) is 1.15. The fourth-order valence-electron chi connectivity index (χ4n) is 2.20. The Bertz CT molecular complexity index is 438. The van der Waals surface area contributed by atoms with E-state index in [9.17, 15) is 0 Å². The van der Waals surface area contributed by atoms with Gasteiger partial charge in [0.1, 0.15) is 0 Å². The molecule has 0 unspecified atom stereocenters. The molecular formula is C16H32IN5S. The van der Waals surface area contributed by atoms with Gasteiger partial charge in [-0.15, -0.1) is 35.3 Å². The predicted octanol–water partition coefficient (Wildman–Crippen LogP) is 2.82. The molecule has 0 aliphatic carbocycles. The second-order valence-corrected chi connectivity index (χ2v) is 6.59. The topological polar surface area (TPSA) is 52.5 Å². The van der Waals surface area contributed by atoms with Crippen LogP contribution >= 0.6 is 35.3 Å². The first-order valence-electron chi connectivity index (χ1n) is 8.20. The lowest BCUT2D eigenvalue weighted by Crippen LogP contribution is -2.39. The number of aromatic nitrogens is 1. The summed E-state index contributed by atoms with van der Waals surface area (Å²) in [6, 6.07) is 0. The Morgan fingerprint density at radius 1 is 1.17 bits per heavy atom. The predicted molar refractivity (Wildman–Crippen MR) is 112 cm³/mol. The van der Waals surface area contributed by atoms with Gasteiger partial charge < -0.3 is 15.5 Å². The summed E-state index contributed by atoms with van der Waals surface area (Å²) in [5, 5.41) is 7.92. The van der Waals surface area contributed by atoms with Crippen LogP contribution in [0.15, 0.2) is 4.99 Å². The third-order valence-electron chi connectivity index (χ3n) is 3.77. The average molecular weight is 453 g/mol. The largest absolute Gasteiger partial charge is 0.356 e. The quantitative estimate of drug-likeness (QED) is 0.261. The molecule has 2 N–H and O–H groups in total. The van der Waals surface area contributed by atoms with Crippen LogP contribution in [0.25, 0.3) is 0 Å². The van der Waals surface area contributed by atoms with Crippen molar-refractivity contribution in [2.75, 3.05) is 39.8 Å². The zero-order valence-electron chi connectivity index (χ0n) is 15.1. The van der Waals surface area contributed by atoms with Gasteiger partial charge in [-0.05, 0) is 39.9 Å². The fraction of sp³-hybridized carbons (Fsp3) is 0.750. The standard InChI is InChI=1S/C16H31N5S.HI/c1-6-21(7-2)12-8-10-18-16(17-5)19-11-9-15-20-13(3)14(4)22-15;/h6-12H2,1-5H3,(H2,17,18,19);1H. The van der Waals surface area contributed by atoms with E-state index in [2.05, 4.69) is 53.2 Å². The van der Waals surface area contributed by atoms with E-state index in [1.165, 1.54) is 9.88 Å². The molecule has 0 aromatic carbocycles. The fourth-order valence-corrected chi connectivity index (χ4v) is 3.14. The summed E-state index contributed by atoms with van der Waals surface area (Å²) < 4.78 is 0. The Balaban J connectivity index is 0.00000484. The molecule has 1 aromatic rings. The van der Waals surface area contributed by atoms with E-state index in [0.717, 1.165) is 57.2 Å². The van der Waals surface area contributed by atoms with E-state index in [-0.39, 0.29) is 24.0 Å². The van der Waals surface area contributed by atoms with Gasteiger partial charge in [-0.3, -0.25) is 4.99 Å². The minimum absolute atomic E-state index is 0. The minimum atomic E-state index is 0. The van der Waals surface area contributed by atoms with Crippen molar-refractivity contribution < 1.29 is 0 Å². The maximum absolute atomic E-state index is 4.56. The molecule has 0 saturated heterocycles. The number of guanidine groups is 1. The van der Waals surface area contributed by atoms with E-state index < -0.39 is 0 Å². The Kier molecular flexibility index (Phi) is 12.7. The van der Waals surface area contributed by atoms with Crippen LogP contribution < -0.4 is 10.6 Å². The number of aliphatic imine (C=N–C) groups is 1. The number of aryl methyl sites for hydroxylation is 2. The van der Waals surface area contributed by atoms with E-state index in [1.54, 1.807) is 11.3 Å². The number of hydrogen-bond acceptors (Lipinski definition) is 4. The van der Waals surface area contributed by atoms with E-state index >= 15 is 0 Å². The molecule has 0 amide bonds. The van der Waals surface area contributed by atoms with Crippen molar-refractivity contribution in [3.63, 3.8) is 0 Å². The summed E-state index contributed by atoms with van der Waals surface area (Å²) in [5.74, 6) is 0.879. The lowest BCUT2D eigenvalue weighted by Gasteiger charge is -2.18. The van der Waals surface area contributed by atoms with Crippen LogP contribution in [0.3, 0.4) is 0 Å². The summed E-state index contributed by atoms with van der Waals surface area (Å²) in [6.45, 7) is 13.8. The SMILES string of the molecule is CCN(CC)CCCNC(=NC)NCCc1nc(C)c(C)s1.I. The molecule has 1 aromatic heterocycles. The van der Waals surface area contributed by atoms with Crippen molar-refractivity contribution in [1.29, 1.82) is 0 Å². The molecule has 1 heterocycles. The Morgan fingerprint density at radius 3 is 2.35 bits per heavy atom. The monoisotopic (exact) mass is 453 g/mol. The first-order valence-corrected chi connectivity index (χ1v) is 9.02. The summed E-state index contributed by atoms with van der Waals surface area (Å²) in [7, 11) is 1.82. The summed E-state index contributed by atoms with van der Waals surface area (Å²) in [6.07, 6.45) is 2.08. The lowest BCUT2D eigenvalue weighted by molar-refractivity contribution is 0.300. The normalized spacial score (nSPS) is 11.5. The first-order chi connectivity index (χ1) is 10.6. The van der Waals surface area contributed by atoms with Crippen LogP contribution in [0.2, 0.25) is 0 Å². The number of hydrogen-bond donors (Lipinski definition) is 2. The molecule has 0 saturated carbocycles. The van der Waals surface area contributed by atoms with Crippen LogP contribution in [-0.4, -0.2) is 55.6 Å². The molecule has 0 radical (unpaired) electrons. The molecule has 1 rings (SSSR count). The zero-order chi connectivity index (χ0) is 16.4. The Morgan fingerprint density at radius 2 is 1.83 bits per heavy atom. The van der Waals surface area contributed by atoms with Crippen molar-refractivity contribution in [3.8, 4) is 0 Å². The highest BCUT2D eigenvalue weighted by atomic mass is 127. The third-order valence-corrected chi connectivity index (χ3v) is 4.90. The highest BCUT2D eigenvalue weighted by Gasteiger charge is 2.04. The summed E-state index contributed by atoms with van der Waals surface area (Å²) in [4.78, 5) is 12.6. The highest BCUT2D eigenvalue weighted by Crippen LogP contribution is 2.16. The number of halogens is 1. The molecule has 5 nitrogen and oxygen atoms in total. The van der Waals surface area contributed by atoms with E-state index in [4.69, 9.17) is 0 Å². The third kappa shape index (κ3) is 8.85. The molecular weight excluding hydrogens is 421 g/mol. The van der Waals surface area contributed by atoms with Gasteiger partial charge in [0, 0.05) is 31.4 Å². The molecule has 0 spiro atoms. The number of thiazole rings is 1. The molecule has 0 fully saturated rings. The minimum Gasteiger partial charge on any atom is -0.356 e. The second-order valence-electron chi connectivity index (χ2n) is 5.31. The van der Waals surface area contributed by atoms with Crippen LogP contribution in [0.1, 0.15) is 35.8 Å². The Labute approximate surface area is 162 Å². The molecule has 23 heavy (non-hydrogen) atoms. The summed E-state index contributed by atoms with van der Waals surface area (Å²) >= 11 is 1.79. The van der Waals surface area contributed by atoms with Gasteiger partial charge in [0.15, 0.2) is 5.96 Å². The van der Waals surface area contributed by atoms with E-state index in [1.807, 2.05) is 7.05 Å². The zero-order valence-corrected chi connectivity index (χ0v) is 18.3. The highest BCUT2D eigenvalue weighted by molar-refractivity contribution is 14.0. The van der Waals surface area contributed by atoms with Crippen molar-refractivity contribution in [2.24, 2.45) is 4.99 Å². The van der Waals surface area contributed by atoms with Gasteiger partial charge in [0.2, 0.25) is 0 Å².